The quantitative estimate of drug-likeness (QED) is 0.619. The summed E-state index contributed by atoms with van der Waals surface area (Å²) >= 11 is 10.9. The first-order chi connectivity index (χ1) is 8.28. The lowest BCUT2D eigenvalue weighted by Crippen LogP contribution is -1.95. The van der Waals surface area contributed by atoms with E-state index in [1.165, 1.54) is 4.90 Å². The molecule has 0 spiro atoms. The molecule has 0 unspecified atom stereocenters. The van der Waals surface area contributed by atoms with E-state index < -0.39 is 0 Å². The van der Waals surface area contributed by atoms with E-state index in [0.29, 0.717) is 5.88 Å². The van der Waals surface area contributed by atoms with Crippen LogP contribution in [0.5, 0.6) is 0 Å². The average Bonchev–Trinajstić information content (AvgIpc) is 2.38. The Morgan fingerprint density at radius 1 is 1.18 bits per heavy atom. The van der Waals surface area contributed by atoms with E-state index in [1.54, 1.807) is 18.0 Å². The van der Waals surface area contributed by atoms with Crippen LogP contribution in [-0.4, -0.2) is 9.97 Å². The van der Waals surface area contributed by atoms with Crippen LogP contribution < -0.4 is 0 Å². The molecule has 0 aliphatic rings. The molecule has 0 aliphatic carbocycles. The van der Waals surface area contributed by atoms with E-state index in [2.05, 4.69) is 38.0 Å². The summed E-state index contributed by atoms with van der Waals surface area (Å²) in [6, 6.07) is 10.0. The highest BCUT2D eigenvalue weighted by atomic mass is 79.9. The third-order valence-electron chi connectivity index (χ3n) is 2.08. The summed E-state index contributed by atoms with van der Waals surface area (Å²) < 4.78 is 1.09. The second kappa shape index (κ2) is 6.38. The number of halogens is 2. The molecule has 0 radical (unpaired) electrons. The third-order valence-corrected chi connectivity index (χ3v) is 3.89. The van der Waals surface area contributed by atoms with Crippen molar-refractivity contribution in [2.45, 2.75) is 16.5 Å². The van der Waals surface area contributed by atoms with Crippen molar-refractivity contribution in [3.8, 4) is 0 Å². The molecule has 2 aromatic rings. The van der Waals surface area contributed by atoms with Gasteiger partial charge in [-0.05, 0) is 30.3 Å². The predicted octanol–water partition coefficient (Wildman–Crippen LogP) is 4.27. The van der Waals surface area contributed by atoms with Crippen LogP contribution in [0.25, 0.3) is 0 Å². The van der Waals surface area contributed by atoms with E-state index in [0.717, 1.165) is 21.7 Å². The molecule has 0 amide bonds. The van der Waals surface area contributed by atoms with Gasteiger partial charge >= 0.3 is 0 Å². The van der Waals surface area contributed by atoms with Crippen molar-refractivity contribution in [2.24, 2.45) is 0 Å². The Bertz CT molecular complexity index is 490. The van der Waals surface area contributed by atoms with E-state index in [4.69, 9.17) is 11.6 Å². The van der Waals surface area contributed by atoms with Crippen molar-refractivity contribution in [3.63, 3.8) is 0 Å². The Hall–Kier alpha value is -0.580. The standard InChI is InChI=1S/C12H10BrClN2S/c13-9-1-3-11(4-2-9)17-8-12-15-6-5-10(7-14)16-12/h1-6H,7-8H2. The molecule has 2 rings (SSSR count). The molecule has 0 bridgehead atoms. The highest BCUT2D eigenvalue weighted by molar-refractivity contribution is 9.10. The summed E-state index contributed by atoms with van der Waals surface area (Å²) in [6.45, 7) is 0. The molecule has 1 aromatic carbocycles. The molecule has 17 heavy (non-hydrogen) atoms. The molecule has 88 valence electrons. The number of hydrogen-bond donors (Lipinski definition) is 0. The molecular weight excluding hydrogens is 320 g/mol. The molecule has 1 heterocycles. The van der Waals surface area contributed by atoms with Crippen LogP contribution in [-0.2, 0) is 11.6 Å². The van der Waals surface area contributed by atoms with Gasteiger partial charge in [0.1, 0.15) is 5.82 Å². The van der Waals surface area contributed by atoms with Gasteiger partial charge in [-0.15, -0.1) is 23.4 Å². The maximum Gasteiger partial charge on any atom is 0.138 e. The van der Waals surface area contributed by atoms with Gasteiger partial charge in [-0.25, -0.2) is 9.97 Å². The number of benzene rings is 1. The van der Waals surface area contributed by atoms with Gasteiger partial charge in [0.05, 0.1) is 17.3 Å². The Labute approximate surface area is 118 Å². The van der Waals surface area contributed by atoms with Crippen LogP contribution in [0.15, 0.2) is 45.9 Å². The molecule has 0 atom stereocenters. The fraction of sp³-hybridized carbons (Fsp3) is 0.167. The number of hydrogen-bond acceptors (Lipinski definition) is 3. The van der Waals surface area contributed by atoms with Crippen molar-refractivity contribution in [3.05, 3.63) is 52.5 Å². The van der Waals surface area contributed by atoms with Gasteiger partial charge in [0.25, 0.3) is 0 Å². The zero-order chi connectivity index (χ0) is 12.1. The van der Waals surface area contributed by atoms with Crippen LogP contribution >= 0.6 is 39.3 Å². The van der Waals surface area contributed by atoms with Crippen LogP contribution in [0.1, 0.15) is 11.5 Å². The molecule has 1 aromatic heterocycles. The lowest BCUT2D eigenvalue weighted by molar-refractivity contribution is 0.986. The Balaban J connectivity index is 1.99. The molecule has 0 N–H and O–H groups in total. The van der Waals surface area contributed by atoms with Gasteiger partial charge in [-0.3, -0.25) is 0 Å². The van der Waals surface area contributed by atoms with E-state index in [9.17, 15) is 0 Å². The van der Waals surface area contributed by atoms with Crippen LogP contribution in [0.4, 0.5) is 0 Å². The molecule has 0 aliphatic heterocycles. The largest absolute Gasteiger partial charge is 0.240 e. The summed E-state index contributed by atoms with van der Waals surface area (Å²) in [5.41, 5.74) is 0.869. The number of nitrogens with zero attached hydrogens (tertiary/aromatic N) is 2. The first-order valence-corrected chi connectivity index (χ1v) is 7.34. The summed E-state index contributed by atoms with van der Waals surface area (Å²) in [5.74, 6) is 2.00. The lowest BCUT2D eigenvalue weighted by atomic mass is 10.4. The molecule has 0 saturated carbocycles. The van der Waals surface area contributed by atoms with Gasteiger partial charge in [0.15, 0.2) is 0 Å². The van der Waals surface area contributed by atoms with Gasteiger partial charge < -0.3 is 0 Å². The summed E-state index contributed by atoms with van der Waals surface area (Å²) in [4.78, 5) is 9.77. The average molecular weight is 330 g/mol. The van der Waals surface area contributed by atoms with Crippen LogP contribution in [0.2, 0.25) is 0 Å². The monoisotopic (exact) mass is 328 g/mol. The molecule has 0 fully saturated rings. The van der Waals surface area contributed by atoms with E-state index in [1.807, 2.05) is 18.2 Å². The second-order valence-electron chi connectivity index (χ2n) is 3.34. The molecule has 5 heteroatoms. The number of thioether (sulfide) groups is 1. The van der Waals surface area contributed by atoms with Crippen LogP contribution in [0.3, 0.4) is 0 Å². The van der Waals surface area contributed by atoms with Gasteiger partial charge in [0, 0.05) is 15.6 Å². The second-order valence-corrected chi connectivity index (χ2v) is 5.57. The highest BCUT2D eigenvalue weighted by Gasteiger charge is 2.00. The number of aromatic nitrogens is 2. The third kappa shape index (κ3) is 3.98. The number of rotatable bonds is 4. The zero-order valence-corrected chi connectivity index (χ0v) is 12.1. The molecular formula is C12H10BrClN2S. The number of alkyl halides is 1. The van der Waals surface area contributed by atoms with E-state index in [-0.39, 0.29) is 0 Å². The maximum absolute atomic E-state index is 5.73. The summed E-state index contributed by atoms with van der Waals surface area (Å²) in [6.07, 6.45) is 1.75. The summed E-state index contributed by atoms with van der Waals surface area (Å²) in [7, 11) is 0. The normalized spacial score (nSPS) is 10.5. The Kier molecular flexibility index (Phi) is 4.83. The van der Waals surface area contributed by atoms with E-state index >= 15 is 0 Å². The van der Waals surface area contributed by atoms with Crippen molar-refractivity contribution >= 4 is 39.3 Å². The van der Waals surface area contributed by atoms with Gasteiger partial charge in [-0.2, -0.15) is 0 Å². The van der Waals surface area contributed by atoms with Crippen molar-refractivity contribution in [1.29, 1.82) is 0 Å². The first kappa shape index (κ1) is 12.9. The molecule has 0 saturated heterocycles. The Morgan fingerprint density at radius 3 is 2.65 bits per heavy atom. The Morgan fingerprint density at radius 2 is 1.94 bits per heavy atom. The lowest BCUT2D eigenvalue weighted by Gasteiger charge is -2.02. The summed E-state index contributed by atoms with van der Waals surface area (Å²) in [5, 5.41) is 0. The fourth-order valence-electron chi connectivity index (χ4n) is 1.26. The van der Waals surface area contributed by atoms with Gasteiger partial charge in [0.2, 0.25) is 0 Å². The van der Waals surface area contributed by atoms with Crippen molar-refractivity contribution < 1.29 is 0 Å². The predicted molar refractivity (Wildman–Crippen MR) is 75.3 cm³/mol. The first-order valence-electron chi connectivity index (χ1n) is 5.03. The van der Waals surface area contributed by atoms with Crippen LogP contribution in [0, 0.1) is 0 Å². The zero-order valence-electron chi connectivity index (χ0n) is 8.94. The minimum absolute atomic E-state index is 0.429. The van der Waals surface area contributed by atoms with Crippen molar-refractivity contribution in [1.82, 2.24) is 9.97 Å². The minimum Gasteiger partial charge on any atom is -0.240 e. The minimum atomic E-state index is 0.429. The topological polar surface area (TPSA) is 25.8 Å². The SMILES string of the molecule is ClCc1ccnc(CSc2ccc(Br)cc2)n1. The fourth-order valence-corrected chi connectivity index (χ4v) is 2.44. The van der Waals surface area contributed by atoms with Gasteiger partial charge in [-0.1, -0.05) is 15.9 Å². The molecule has 2 nitrogen and oxygen atoms in total. The smallest absolute Gasteiger partial charge is 0.138 e. The maximum atomic E-state index is 5.73. The highest BCUT2D eigenvalue weighted by Crippen LogP contribution is 2.23. The van der Waals surface area contributed by atoms with Crippen molar-refractivity contribution in [2.75, 3.05) is 0 Å².